The number of carbonyl (C=O) groups excluding carboxylic acids is 1. The van der Waals surface area contributed by atoms with Crippen LogP contribution in [-0.4, -0.2) is 26.9 Å². The van der Waals surface area contributed by atoms with Crippen molar-refractivity contribution in [3.8, 4) is 5.69 Å². The number of hydrogen-bond acceptors (Lipinski definition) is 4. The standard InChI is InChI=1S/C18H15F3N4OS/c1-11-15(17(26)24-13-6-7-16(27-2)22-9-13)10-23-25(11)14-5-3-4-12(8-14)18(19,20)21/h3-10H,1-2H3,(H,24,26). The fourth-order valence-electron chi connectivity index (χ4n) is 2.48. The molecule has 0 fully saturated rings. The molecule has 140 valence electrons. The van der Waals surface area contributed by atoms with E-state index in [2.05, 4.69) is 15.4 Å². The number of halogens is 3. The maximum Gasteiger partial charge on any atom is 0.416 e. The number of carbonyl (C=O) groups is 1. The molecular formula is C18H15F3N4OS. The van der Waals surface area contributed by atoms with E-state index in [9.17, 15) is 18.0 Å². The van der Waals surface area contributed by atoms with Gasteiger partial charge >= 0.3 is 6.18 Å². The van der Waals surface area contributed by atoms with Crippen LogP contribution in [-0.2, 0) is 6.18 Å². The molecule has 0 aliphatic rings. The first kappa shape index (κ1) is 19.0. The second-order valence-electron chi connectivity index (χ2n) is 5.65. The quantitative estimate of drug-likeness (QED) is 0.661. The van der Waals surface area contributed by atoms with Crippen molar-refractivity contribution in [3.05, 3.63) is 65.6 Å². The highest BCUT2D eigenvalue weighted by Crippen LogP contribution is 2.30. The molecule has 3 rings (SSSR count). The van der Waals surface area contributed by atoms with Gasteiger partial charge in [0.1, 0.15) is 0 Å². The molecule has 0 aliphatic heterocycles. The molecule has 0 atom stereocenters. The monoisotopic (exact) mass is 392 g/mol. The van der Waals surface area contributed by atoms with Crippen molar-refractivity contribution in [2.45, 2.75) is 18.1 Å². The zero-order valence-corrected chi connectivity index (χ0v) is 15.2. The molecule has 2 heterocycles. The predicted molar refractivity (Wildman–Crippen MR) is 97.3 cm³/mol. The normalized spacial score (nSPS) is 11.4. The SMILES string of the molecule is CSc1ccc(NC(=O)c2cnn(-c3cccc(C(F)(F)F)c3)c2C)cn1. The Morgan fingerprint density at radius 3 is 2.59 bits per heavy atom. The minimum absolute atomic E-state index is 0.229. The molecule has 27 heavy (non-hydrogen) atoms. The Kier molecular flexibility index (Phi) is 5.22. The Morgan fingerprint density at radius 1 is 1.19 bits per heavy atom. The molecule has 5 nitrogen and oxygen atoms in total. The smallest absolute Gasteiger partial charge is 0.320 e. The Hall–Kier alpha value is -2.81. The fraction of sp³-hybridized carbons (Fsp3) is 0.167. The lowest BCUT2D eigenvalue weighted by molar-refractivity contribution is -0.137. The summed E-state index contributed by atoms with van der Waals surface area (Å²) in [6.45, 7) is 1.62. The lowest BCUT2D eigenvalue weighted by Crippen LogP contribution is -2.13. The highest BCUT2D eigenvalue weighted by molar-refractivity contribution is 7.98. The van der Waals surface area contributed by atoms with Crippen molar-refractivity contribution in [1.29, 1.82) is 0 Å². The van der Waals surface area contributed by atoms with Crippen molar-refractivity contribution in [1.82, 2.24) is 14.8 Å². The van der Waals surface area contributed by atoms with Crippen molar-refractivity contribution < 1.29 is 18.0 Å². The molecule has 3 aromatic rings. The number of anilines is 1. The number of pyridine rings is 1. The molecular weight excluding hydrogens is 377 g/mol. The van der Waals surface area contributed by atoms with E-state index in [1.807, 2.05) is 6.26 Å². The number of aromatic nitrogens is 3. The first-order valence-electron chi connectivity index (χ1n) is 7.83. The molecule has 1 amide bonds. The van der Waals surface area contributed by atoms with Gasteiger partial charge in [0.25, 0.3) is 5.91 Å². The average Bonchev–Trinajstić information content (AvgIpc) is 3.03. The second-order valence-corrected chi connectivity index (χ2v) is 6.47. The van der Waals surface area contributed by atoms with E-state index >= 15 is 0 Å². The minimum Gasteiger partial charge on any atom is -0.320 e. The molecule has 0 saturated carbocycles. The molecule has 0 bridgehead atoms. The highest BCUT2D eigenvalue weighted by Gasteiger charge is 2.30. The minimum atomic E-state index is -4.45. The molecule has 0 spiro atoms. The summed E-state index contributed by atoms with van der Waals surface area (Å²) in [6.07, 6.45) is 0.310. The molecule has 2 aromatic heterocycles. The summed E-state index contributed by atoms with van der Waals surface area (Å²) in [5, 5.41) is 7.60. The van der Waals surface area contributed by atoms with Gasteiger partial charge in [-0.1, -0.05) is 6.07 Å². The number of benzene rings is 1. The summed E-state index contributed by atoms with van der Waals surface area (Å²) in [6, 6.07) is 8.29. The van der Waals surface area contributed by atoms with Crippen LogP contribution in [0.1, 0.15) is 21.6 Å². The van der Waals surface area contributed by atoms with Crippen molar-refractivity contribution in [2.24, 2.45) is 0 Å². The van der Waals surface area contributed by atoms with Crippen LogP contribution < -0.4 is 5.32 Å². The number of thioether (sulfide) groups is 1. The maximum atomic E-state index is 12.9. The molecule has 1 aromatic carbocycles. The van der Waals surface area contributed by atoms with Gasteiger partial charge in [0, 0.05) is 0 Å². The van der Waals surface area contributed by atoms with Crippen LogP contribution in [0.4, 0.5) is 18.9 Å². The van der Waals surface area contributed by atoms with Gasteiger partial charge in [-0.15, -0.1) is 11.8 Å². The van der Waals surface area contributed by atoms with E-state index in [0.717, 1.165) is 17.2 Å². The Balaban J connectivity index is 1.85. The first-order chi connectivity index (χ1) is 12.8. The lowest BCUT2D eigenvalue weighted by Gasteiger charge is -2.10. The third-order valence-corrected chi connectivity index (χ3v) is 4.54. The van der Waals surface area contributed by atoms with Gasteiger partial charge in [0.05, 0.1) is 45.6 Å². The highest BCUT2D eigenvalue weighted by atomic mass is 32.2. The third-order valence-electron chi connectivity index (χ3n) is 3.88. The molecule has 0 unspecified atom stereocenters. The average molecular weight is 392 g/mol. The lowest BCUT2D eigenvalue weighted by atomic mass is 10.2. The van der Waals surface area contributed by atoms with Gasteiger partial charge < -0.3 is 5.32 Å². The van der Waals surface area contributed by atoms with Crippen LogP contribution in [0.25, 0.3) is 5.69 Å². The summed E-state index contributed by atoms with van der Waals surface area (Å²) < 4.78 is 40.0. The first-order valence-corrected chi connectivity index (χ1v) is 9.05. The van der Waals surface area contributed by atoms with Crippen LogP contribution >= 0.6 is 11.8 Å². The number of rotatable bonds is 4. The maximum absolute atomic E-state index is 12.9. The molecule has 0 aliphatic carbocycles. The van der Waals surface area contributed by atoms with Gasteiger partial charge in [-0.05, 0) is 43.5 Å². The van der Waals surface area contributed by atoms with E-state index in [0.29, 0.717) is 11.4 Å². The van der Waals surface area contributed by atoms with Gasteiger partial charge in [0.2, 0.25) is 0 Å². The van der Waals surface area contributed by atoms with E-state index < -0.39 is 17.6 Å². The number of hydrogen-bond donors (Lipinski definition) is 1. The van der Waals surface area contributed by atoms with E-state index in [1.165, 1.54) is 41.0 Å². The molecule has 9 heteroatoms. The van der Waals surface area contributed by atoms with Gasteiger partial charge in [-0.2, -0.15) is 18.3 Å². The number of alkyl halides is 3. The van der Waals surface area contributed by atoms with Crippen molar-refractivity contribution in [2.75, 3.05) is 11.6 Å². The van der Waals surface area contributed by atoms with E-state index in [-0.39, 0.29) is 11.3 Å². The zero-order valence-electron chi connectivity index (χ0n) is 14.4. The van der Waals surface area contributed by atoms with Crippen LogP contribution in [0.5, 0.6) is 0 Å². The van der Waals surface area contributed by atoms with Gasteiger partial charge in [-0.25, -0.2) is 9.67 Å². The summed E-state index contributed by atoms with van der Waals surface area (Å²) in [5.74, 6) is -0.413. The second kappa shape index (κ2) is 7.43. The Bertz CT molecular complexity index is 967. The molecule has 0 radical (unpaired) electrons. The predicted octanol–water partition coefficient (Wildman–Crippen LogP) is 4.57. The van der Waals surface area contributed by atoms with E-state index in [1.54, 1.807) is 19.1 Å². The van der Waals surface area contributed by atoms with Crippen LogP contribution in [0.3, 0.4) is 0 Å². The Morgan fingerprint density at radius 2 is 1.96 bits per heavy atom. The zero-order chi connectivity index (χ0) is 19.6. The molecule has 0 saturated heterocycles. The number of nitrogens with one attached hydrogen (secondary N) is 1. The topological polar surface area (TPSA) is 59.8 Å². The fourth-order valence-corrected chi connectivity index (χ4v) is 2.84. The number of amides is 1. The summed E-state index contributed by atoms with van der Waals surface area (Å²) in [5.41, 5.74) is 0.666. The largest absolute Gasteiger partial charge is 0.416 e. The van der Waals surface area contributed by atoms with Gasteiger partial charge in [0.15, 0.2) is 0 Å². The third kappa shape index (κ3) is 4.13. The van der Waals surface area contributed by atoms with E-state index in [4.69, 9.17) is 0 Å². The summed E-state index contributed by atoms with van der Waals surface area (Å²) in [7, 11) is 0. The van der Waals surface area contributed by atoms with Crippen LogP contribution in [0.2, 0.25) is 0 Å². The van der Waals surface area contributed by atoms with Crippen molar-refractivity contribution >= 4 is 23.4 Å². The molecule has 1 N–H and O–H groups in total. The number of nitrogens with zero attached hydrogens (tertiary/aromatic N) is 3. The Labute approximate surface area is 157 Å². The van der Waals surface area contributed by atoms with Crippen LogP contribution in [0.15, 0.2) is 53.8 Å². The summed E-state index contributed by atoms with van der Waals surface area (Å²) in [4.78, 5) is 16.7. The van der Waals surface area contributed by atoms with Gasteiger partial charge in [-0.3, -0.25) is 4.79 Å². The summed E-state index contributed by atoms with van der Waals surface area (Å²) >= 11 is 1.48. The van der Waals surface area contributed by atoms with Crippen LogP contribution in [0, 0.1) is 6.92 Å². The van der Waals surface area contributed by atoms with Crippen molar-refractivity contribution in [3.63, 3.8) is 0 Å².